The molecule has 194 valence electrons. The second kappa shape index (κ2) is 12.2. The van der Waals surface area contributed by atoms with Gasteiger partial charge in [0.25, 0.3) is 0 Å². The highest BCUT2D eigenvalue weighted by atomic mass is 35.5. The molecule has 4 N–H and O–H groups in total. The largest absolute Gasteiger partial charge is 0.465 e. The number of methoxy groups -OCH3 is 1. The zero-order chi connectivity index (χ0) is 24.8. The van der Waals surface area contributed by atoms with Gasteiger partial charge in [-0.1, -0.05) is 61.7 Å². The van der Waals surface area contributed by atoms with Crippen LogP contribution >= 0.6 is 23.2 Å². The minimum Gasteiger partial charge on any atom is -0.465 e. The summed E-state index contributed by atoms with van der Waals surface area (Å²) in [5.41, 5.74) is 7.25. The Hall–Kier alpha value is -1.42. The molecule has 8 nitrogen and oxygen atoms in total. The molecule has 0 radical (unpaired) electrons. The van der Waals surface area contributed by atoms with Crippen molar-refractivity contribution in [1.29, 1.82) is 0 Å². The number of carbonyl (C=O) groups is 2. The van der Waals surface area contributed by atoms with Gasteiger partial charge in [0.2, 0.25) is 5.91 Å². The third kappa shape index (κ3) is 6.12. The summed E-state index contributed by atoms with van der Waals surface area (Å²) in [5.74, 6) is -0.295. The van der Waals surface area contributed by atoms with E-state index in [1.807, 2.05) is 0 Å². The first-order valence-electron chi connectivity index (χ1n) is 12.8. The van der Waals surface area contributed by atoms with Crippen LogP contribution in [-0.2, 0) is 9.53 Å². The molecule has 1 amide bonds. The van der Waals surface area contributed by atoms with Crippen molar-refractivity contribution in [2.45, 2.75) is 75.9 Å². The number of esters is 1. The highest BCUT2D eigenvalue weighted by molar-refractivity contribution is 6.42. The van der Waals surface area contributed by atoms with Crippen molar-refractivity contribution < 1.29 is 14.3 Å². The average molecular weight is 527 g/mol. The Morgan fingerprint density at radius 2 is 1.74 bits per heavy atom. The quantitative estimate of drug-likeness (QED) is 0.426. The van der Waals surface area contributed by atoms with Crippen LogP contribution in [0.2, 0.25) is 10.0 Å². The molecular formula is C25H37Cl2N5O3. The van der Waals surface area contributed by atoms with E-state index in [4.69, 9.17) is 27.9 Å². The van der Waals surface area contributed by atoms with E-state index in [1.54, 1.807) is 0 Å². The summed E-state index contributed by atoms with van der Waals surface area (Å²) >= 11 is 12.2. The van der Waals surface area contributed by atoms with Crippen LogP contribution in [0.5, 0.6) is 0 Å². The Balaban J connectivity index is 1.48. The summed E-state index contributed by atoms with van der Waals surface area (Å²) in [7, 11) is 1.29. The van der Waals surface area contributed by atoms with Gasteiger partial charge in [-0.25, -0.2) is 15.6 Å². The fraction of sp³-hybridized carbons (Fsp3) is 0.680. The van der Waals surface area contributed by atoms with Gasteiger partial charge >= 0.3 is 5.97 Å². The predicted octanol–water partition coefficient (Wildman–Crippen LogP) is 4.28. The van der Waals surface area contributed by atoms with Gasteiger partial charge in [-0.2, -0.15) is 0 Å². The van der Waals surface area contributed by atoms with Crippen LogP contribution in [0.25, 0.3) is 0 Å². The normalized spacial score (nSPS) is 27.0. The smallest absolute Gasteiger partial charge is 0.340 e. The van der Waals surface area contributed by atoms with Crippen LogP contribution in [0.1, 0.15) is 74.6 Å². The molecule has 1 aliphatic carbocycles. The lowest BCUT2D eigenvalue weighted by Gasteiger charge is -2.51. The summed E-state index contributed by atoms with van der Waals surface area (Å²) in [6, 6.07) is 2.46. The number of nitrogens with one attached hydrogen (secondary N) is 4. The van der Waals surface area contributed by atoms with E-state index in [0.29, 0.717) is 12.3 Å². The average Bonchev–Trinajstić information content (AvgIpc) is 3.44. The van der Waals surface area contributed by atoms with Crippen LogP contribution in [0.4, 0.5) is 5.69 Å². The number of hydrazine groups is 1. The molecular weight excluding hydrogens is 489 g/mol. The first kappa shape index (κ1) is 26.6. The second-order valence-electron chi connectivity index (χ2n) is 9.89. The number of ether oxygens (including phenoxy) is 1. The first-order valence-corrected chi connectivity index (χ1v) is 13.6. The van der Waals surface area contributed by atoms with E-state index < -0.39 is 12.0 Å². The maximum absolute atomic E-state index is 13.2. The Labute approximate surface area is 217 Å². The van der Waals surface area contributed by atoms with E-state index in [1.165, 1.54) is 70.6 Å². The Morgan fingerprint density at radius 1 is 1.06 bits per heavy atom. The SMILES string of the molecule is COC(=O)c1cc(Cl)c(Cl)cc1NC(=O)C1CCC(C2CCCCCCCC2)(N2CCNC2)NN1. The lowest BCUT2D eigenvalue weighted by molar-refractivity contribution is -0.122. The number of anilines is 1. The molecule has 1 aromatic rings. The Kier molecular flexibility index (Phi) is 9.29. The molecule has 2 unspecified atom stereocenters. The zero-order valence-electron chi connectivity index (χ0n) is 20.4. The molecule has 0 bridgehead atoms. The lowest BCUT2D eigenvalue weighted by atomic mass is 9.78. The molecule has 0 spiro atoms. The maximum atomic E-state index is 13.2. The number of carbonyl (C=O) groups excluding carboxylic acids is 2. The third-order valence-corrected chi connectivity index (χ3v) is 8.50. The van der Waals surface area contributed by atoms with E-state index in [-0.39, 0.29) is 32.9 Å². The highest BCUT2D eigenvalue weighted by Crippen LogP contribution is 2.38. The van der Waals surface area contributed by atoms with Crippen molar-refractivity contribution in [3.8, 4) is 0 Å². The number of nitrogens with zero attached hydrogens (tertiary/aromatic N) is 1. The van der Waals surface area contributed by atoms with Crippen LogP contribution in [0.3, 0.4) is 0 Å². The van der Waals surface area contributed by atoms with E-state index in [0.717, 1.165) is 26.2 Å². The van der Waals surface area contributed by atoms with Crippen molar-refractivity contribution >= 4 is 40.8 Å². The van der Waals surface area contributed by atoms with Gasteiger partial charge < -0.3 is 15.4 Å². The van der Waals surface area contributed by atoms with Crippen molar-refractivity contribution in [2.75, 3.05) is 32.2 Å². The van der Waals surface area contributed by atoms with Gasteiger partial charge in [-0.15, -0.1) is 0 Å². The van der Waals surface area contributed by atoms with Crippen LogP contribution in [0, 0.1) is 5.92 Å². The van der Waals surface area contributed by atoms with Gasteiger partial charge in [-0.3, -0.25) is 9.69 Å². The van der Waals surface area contributed by atoms with E-state index in [2.05, 4.69) is 26.4 Å². The molecule has 2 atom stereocenters. The molecule has 4 rings (SSSR count). The summed E-state index contributed by atoms with van der Waals surface area (Å²) in [6.45, 7) is 2.83. The van der Waals surface area contributed by atoms with E-state index in [9.17, 15) is 9.59 Å². The third-order valence-electron chi connectivity index (χ3n) is 7.77. The maximum Gasteiger partial charge on any atom is 0.340 e. The van der Waals surface area contributed by atoms with Crippen LogP contribution < -0.4 is 21.5 Å². The molecule has 0 aromatic heterocycles. The summed E-state index contributed by atoms with van der Waals surface area (Å²) in [5, 5.41) is 6.82. The lowest BCUT2D eigenvalue weighted by Crippen LogP contribution is -2.72. The fourth-order valence-corrected chi connectivity index (χ4v) is 6.14. The Bertz CT molecular complexity index is 891. The zero-order valence-corrected chi connectivity index (χ0v) is 21.9. The van der Waals surface area contributed by atoms with Crippen molar-refractivity contribution in [2.24, 2.45) is 5.92 Å². The molecule has 10 heteroatoms. The predicted molar refractivity (Wildman–Crippen MR) is 138 cm³/mol. The molecule has 1 aromatic carbocycles. The molecule has 2 heterocycles. The van der Waals surface area contributed by atoms with Gasteiger partial charge in [0.05, 0.1) is 34.1 Å². The van der Waals surface area contributed by atoms with Gasteiger partial charge in [0.15, 0.2) is 0 Å². The van der Waals surface area contributed by atoms with Crippen LogP contribution in [-0.4, -0.2) is 55.3 Å². The summed E-state index contributed by atoms with van der Waals surface area (Å²) in [6.07, 6.45) is 11.7. The van der Waals surface area contributed by atoms with Crippen molar-refractivity contribution in [3.05, 3.63) is 27.7 Å². The monoisotopic (exact) mass is 525 g/mol. The second-order valence-corrected chi connectivity index (χ2v) is 10.7. The highest BCUT2D eigenvalue weighted by Gasteiger charge is 2.47. The number of hydrogen-bond acceptors (Lipinski definition) is 7. The van der Waals surface area contributed by atoms with Gasteiger partial charge in [0.1, 0.15) is 6.04 Å². The topological polar surface area (TPSA) is 94.7 Å². The van der Waals surface area contributed by atoms with Gasteiger partial charge in [-0.05, 0) is 43.7 Å². The molecule has 35 heavy (non-hydrogen) atoms. The number of amides is 1. The first-order chi connectivity index (χ1) is 16.9. The standard InChI is InChI=1S/C25H37Cl2N5O3/c1-35-24(34)18-14-19(26)20(27)15-22(18)29-23(33)21-10-11-25(31-30-21,32-13-12-28-16-32)17-8-6-4-2-3-5-7-9-17/h14-15,17,21,28,30-31H,2-13,16H2,1H3,(H,29,33). The van der Waals surface area contributed by atoms with E-state index >= 15 is 0 Å². The molecule has 2 saturated heterocycles. The molecule has 3 fully saturated rings. The molecule has 3 aliphatic rings. The molecule has 2 aliphatic heterocycles. The Morgan fingerprint density at radius 3 is 2.34 bits per heavy atom. The minimum atomic E-state index is -0.589. The fourth-order valence-electron chi connectivity index (χ4n) is 5.82. The summed E-state index contributed by atoms with van der Waals surface area (Å²) in [4.78, 5) is 28.0. The molecule has 1 saturated carbocycles. The minimum absolute atomic E-state index is 0.169. The van der Waals surface area contributed by atoms with Crippen molar-refractivity contribution in [3.63, 3.8) is 0 Å². The number of halogens is 2. The number of benzene rings is 1. The number of rotatable bonds is 5. The van der Waals surface area contributed by atoms with Crippen LogP contribution in [0.15, 0.2) is 12.1 Å². The summed E-state index contributed by atoms with van der Waals surface area (Å²) < 4.78 is 4.85. The number of hydrogen-bond donors (Lipinski definition) is 4. The van der Waals surface area contributed by atoms with Crippen molar-refractivity contribution in [1.82, 2.24) is 21.1 Å². The van der Waals surface area contributed by atoms with Gasteiger partial charge in [0, 0.05) is 19.8 Å².